The fourth-order valence-corrected chi connectivity index (χ4v) is 0.885. The minimum absolute atomic E-state index is 0.118. The van der Waals surface area contributed by atoms with Gasteiger partial charge in [-0.05, 0) is 20.8 Å². The predicted octanol–water partition coefficient (Wildman–Crippen LogP) is 1.27. The van der Waals surface area contributed by atoms with Crippen LogP contribution in [0.15, 0.2) is 11.3 Å². The van der Waals surface area contributed by atoms with E-state index in [-0.39, 0.29) is 11.9 Å². The molecule has 0 saturated heterocycles. The van der Waals surface area contributed by atoms with E-state index in [0.29, 0.717) is 0 Å². The van der Waals surface area contributed by atoms with E-state index < -0.39 is 0 Å². The smallest absolute Gasteiger partial charge is 0.202 e. The zero-order valence-electron chi connectivity index (χ0n) is 5.89. The Balaban J connectivity index is 2.87. The number of ether oxygens (including phenoxy) is 1. The van der Waals surface area contributed by atoms with E-state index in [2.05, 4.69) is 0 Å². The van der Waals surface area contributed by atoms with Gasteiger partial charge in [-0.15, -0.1) is 0 Å². The molecule has 0 aromatic carbocycles. The molecule has 0 amide bonds. The molecule has 0 bridgehead atoms. The lowest BCUT2D eigenvalue weighted by Crippen LogP contribution is -2.11. The van der Waals surface area contributed by atoms with E-state index in [1.165, 1.54) is 0 Å². The maximum Gasteiger partial charge on any atom is 0.202 e. The van der Waals surface area contributed by atoms with Crippen molar-refractivity contribution in [2.75, 3.05) is 0 Å². The number of ketones is 1. The summed E-state index contributed by atoms with van der Waals surface area (Å²) in [6.07, 6.45) is -0.245. The quantitative estimate of drug-likeness (QED) is 0.488. The standard InChI is InChI=1S/C7H10O2/c1-4-5(2)9-6(3)7(4)8/h6H,1-3H3. The molecule has 0 spiro atoms. The minimum Gasteiger partial charge on any atom is -0.487 e. The molecule has 1 heterocycles. The van der Waals surface area contributed by atoms with Crippen LogP contribution in [0.2, 0.25) is 0 Å². The molecule has 2 nitrogen and oxygen atoms in total. The van der Waals surface area contributed by atoms with Crippen molar-refractivity contribution >= 4 is 5.78 Å². The van der Waals surface area contributed by atoms with Crippen molar-refractivity contribution in [3.8, 4) is 0 Å². The van der Waals surface area contributed by atoms with Crippen LogP contribution in [-0.4, -0.2) is 11.9 Å². The van der Waals surface area contributed by atoms with Crippen LogP contribution >= 0.6 is 0 Å². The topological polar surface area (TPSA) is 26.3 Å². The van der Waals surface area contributed by atoms with E-state index in [9.17, 15) is 4.79 Å². The molecule has 50 valence electrons. The Morgan fingerprint density at radius 3 is 2.11 bits per heavy atom. The molecule has 0 N–H and O–H groups in total. The summed E-state index contributed by atoms with van der Waals surface area (Å²) >= 11 is 0. The maximum atomic E-state index is 10.9. The molecule has 0 aromatic rings. The second-order valence-electron chi connectivity index (χ2n) is 2.31. The fourth-order valence-electron chi connectivity index (χ4n) is 0.885. The molecule has 0 fully saturated rings. The largest absolute Gasteiger partial charge is 0.487 e. The molecule has 1 rings (SSSR count). The van der Waals surface area contributed by atoms with Crippen LogP contribution in [0.5, 0.6) is 0 Å². The lowest BCUT2D eigenvalue weighted by Gasteiger charge is -2.00. The average molecular weight is 126 g/mol. The Bertz CT molecular complexity index is 179. The van der Waals surface area contributed by atoms with Crippen molar-refractivity contribution in [1.82, 2.24) is 0 Å². The summed E-state index contributed by atoms with van der Waals surface area (Å²) in [6, 6.07) is 0. The van der Waals surface area contributed by atoms with E-state index in [0.717, 1.165) is 11.3 Å². The summed E-state index contributed by atoms with van der Waals surface area (Å²) < 4.78 is 5.12. The third-order valence-corrected chi connectivity index (χ3v) is 1.62. The number of hydrogen-bond acceptors (Lipinski definition) is 2. The highest BCUT2D eigenvalue weighted by Gasteiger charge is 2.25. The van der Waals surface area contributed by atoms with Gasteiger partial charge in [0.2, 0.25) is 5.78 Å². The summed E-state index contributed by atoms with van der Waals surface area (Å²) in [7, 11) is 0. The number of carbonyl (C=O) groups excluding carboxylic acids is 1. The Labute approximate surface area is 54.5 Å². The molecule has 0 radical (unpaired) electrons. The van der Waals surface area contributed by atoms with Crippen LogP contribution < -0.4 is 0 Å². The molecule has 0 saturated carbocycles. The van der Waals surface area contributed by atoms with Crippen molar-refractivity contribution in [1.29, 1.82) is 0 Å². The van der Waals surface area contributed by atoms with Gasteiger partial charge in [-0.2, -0.15) is 0 Å². The van der Waals surface area contributed by atoms with Crippen LogP contribution in [0, 0.1) is 0 Å². The summed E-state index contributed by atoms with van der Waals surface area (Å²) in [5.41, 5.74) is 0.766. The van der Waals surface area contributed by atoms with Crippen LogP contribution in [0.3, 0.4) is 0 Å². The third-order valence-electron chi connectivity index (χ3n) is 1.62. The van der Waals surface area contributed by atoms with Crippen LogP contribution in [0.4, 0.5) is 0 Å². The highest BCUT2D eigenvalue weighted by atomic mass is 16.5. The lowest BCUT2D eigenvalue weighted by molar-refractivity contribution is -0.120. The predicted molar refractivity (Wildman–Crippen MR) is 33.9 cm³/mol. The number of hydrogen-bond donors (Lipinski definition) is 0. The van der Waals surface area contributed by atoms with Crippen LogP contribution in [-0.2, 0) is 9.53 Å². The molecule has 1 aliphatic rings. The first-order valence-corrected chi connectivity index (χ1v) is 3.01. The second-order valence-corrected chi connectivity index (χ2v) is 2.31. The lowest BCUT2D eigenvalue weighted by atomic mass is 10.1. The number of rotatable bonds is 0. The SMILES string of the molecule is CC1=C(C)C(=O)C(C)O1. The van der Waals surface area contributed by atoms with Gasteiger partial charge in [0.1, 0.15) is 5.76 Å². The molecule has 1 aliphatic heterocycles. The molecule has 9 heavy (non-hydrogen) atoms. The van der Waals surface area contributed by atoms with E-state index >= 15 is 0 Å². The average Bonchev–Trinajstić information content (AvgIpc) is 1.98. The normalized spacial score (nSPS) is 27.0. The summed E-state index contributed by atoms with van der Waals surface area (Å²) in [5.74, 6) is 0.889. The Kier molecular flexibility index (Phi) is 1.31. The summed E-state index contributed by atoms with van der Waals surface area (Å²) in [4.78, 5) is 10.9. The van der Waals surface area contributed by atoms with Crippen LogP contribution in [0.25, 0.3) is 0 Å². The summed E-state index contributed by atoms with van der Waals surface area (Å²) in [5, 5.41) is 0. The molecule has 1 unspecified atom stereocenters. The van der Waals surface area contributed by atoms with Gasteiger partial charge in [0.05, 0.1) is 0 Å². The van der Waals surface area contributed by atoms with E-state index in [4.69, 9.17) is 4.74 Å². The van der Waals surface area contributed by atoms with Gasteiger partial charge in [0.25, 0.3) is 0 Å². The fraction of sp³-hybridized carbons (Fsp3) is 0.571. The Morgan fingerprint density at radius 2 is 2.00 bits per heavy atom. The molecular weight excluding hydrogens is 116 g/mol. The van der Waals surface area contributed by atoms with Crippen LogP contribution in [0.1, 0.15) is 20.8 Å². The minimum atomic E-state index is -0.245. The first kappa shape index (κ1) is 6.33. The highest BCUT2D eigenvalue weighted by molar-refractivity contribution is 6.00. The van der Waals surface area contributed by atoms with E-state index in [1.54, 1.807) is 13.8 Å². The highest BCUT2D eigenvalue weighted by Crippen LogP contribution is 2.19. The number of Topliss-reactive ketones (excluding diaryl/α,β-unsaturated/α-hetero) is 1. The van der Waals surface area contributed by atoms with Gasteiger partial charge in [-0.25, -0.2) is 0 Å². The molecule has 1 atom stereocenters. The van der Waals surface area contributed by atoms with Gasteiger partial charge in [0, 0.05) is 5.57 Å². The summed E-state index contributed by atoms with van der Waals surface area (Å²) in [6.45, 7) is 5.38. The monoisotopic (exact) mass is 126 g/mol. The number of carbonyl (C=O) groups is 1. The molecule has 0 aliphatic carbocycles. The third kappa shape index (κ3) is 0.846. The first-order chi connectivity index (χ1) is 4.13. The van der Waals surface area contributed by atoms with Crippen molar-refractivity contribution < 1.29 is 9.53 Å². The first-order valence-electron chi connectivity index (χ1n) is 3.01. The zero-order valence-corrected chi connectivity index (χ0v) is 5.89. The Morgan fingerprint density at radius 1 is 1.44 bits per heavy atom. The van der Waals surface area contributed by atoms with E-state index in [1.807, 2.05) is 6.92 Å². The number of allylic oxidation sites excluding steroid dienone is 1. The van der Waals surface area contributed by atoms with Gasteiger partial charge < -0.3 is 4.74 Å². The maximum absolute atomic E-state index is 10.9. The van der Waals surface area contributed by atoms with Crippen molar-refractivity contribution in [3.63, 3.8) is 0 Å². The molecular formula is C7H10O2. The van der Waals surface area contributed by atoms with Gasteiger partial charge >= 0.3 is 0 Å². The molecule has 0 aromatic heterocycles. The van der Waals surface area contributed by atoms with Crippen molar-refractivity contribution in [3.05, 3.63) is 11.3 Å². The molecule has 2 heteroatoms. The zero-order chi connectivity index (χ0) is 7.02. The Hall–Kier alpha value is -0.790. The van der Waals surface area contributed by atoms with Gasteiger partial charge in [-0.1, -0.05) is 0 Å². The van der Waals surface area contributed by atoms with Gasteiger partial charge in [0.15, 0.2) is 6.10 Å². The van der Waals surface area contributed by atoms with Gasteiger partial charge in [-0.3, -0.25) is 4.79 Å². The van der Waals surface area contributed by atoms with Crippen molar-refractivity contribution in [2.45, 2.75) is 26.9 Å². The second kappa shape index (κ2) is 1.87. The van der Waals surface area contributed by atoms with Crippen molar-refractivity contribution in [2.24, 2.45) is 0 Å².